The van der Waals surface area contributed by atoms with E-state index in [1.54, 1.807) is 0 Å². The van der Waals surface area contributed by atoms with E-state index >= 15 is 0 Å². The van der Waals surface area contributed by atoms with Crippen LogP contribution in [0.2, 0.25) is 0 Å². The fourth-order valence-electron chi connectivity index (χ4n) is 2.90. The average Bonchev–Trinajstić information content (AvgIpc) is 3.00. The van der Waals surface area contributed by atoms with Crippen LogP contribution in [0, 0.1) is 0 Å². The Kier molecular flexibility index (Phi) is 2.99. The molecule has 0 bridgehead atoms. The number of anilines is 2. The first-order valence-corrected chi connectivity index (χ1v) is 7.40. The lowest BCUT2D eigenvalue weighted by molar-refractivity contribution is 0.643. The molecule has 4 heteroatoms. The Balaban J connectivity index is 1.50. The Morgan fingerprint density at radius 2 is 1.43 bits per heavy atom. The summed E-state index contributed by atoms with van der Waals surface area (Å²) in [4.78, 5) is 12.9. The third-order valence-corrected chi connectivity index (χ3v) is 4.08. The summed E-state index contributed by atoms with van der Waals surface area (Å²) < 4.78 is 0. The summed E-state index contributed by atoms with van der Waals surface area (Å²) in [7, 11) is 0. The van der Waals surface area contributed by atoms with Gasteiger partial charge in [0.1, 0.15) is 0 Å². The van der Waals surface area contributed by atoms with Crippen molar-refractivity contribution in [2.24, 2.45) is 0 Å². The van der Waals surface area contributed by atoms with Gasteiger partial charge in [0.15, 0.2) is 0 Å². The number of piperazine rings is 1. The number of aromatic nitrogens is 2. The highest BCUT2D eigenvalue weighted by atomic mass is 15.3. The van der Waals surface area contributed by atoms with Gasteiger partial charge >= 0.3 is 0 Å². The molecule has 0 amide bonds. The van der Waals surface area contributed by atoms with Crippen LogP contribution in [-0.4, -0.2) is 36.1 Å². The SMILES string of the molecule is c1ccc(N2CCN(c3nc4ccccc4[nH]3)CC2)cc1. The number of aromatic amines is 1. The molecule has 4 nitrogen and oxygen atoms in total. The smallest absolute Gasteiger partial charge is 0.203 e. The van der Waals surface area contributed by atoms with Gasteiger partial charge < -0.3 is 14.8 Å². The van der Waals surface area contributed by atoms with Crippen LogP contribution in [-0.2, 0) is 0 Å². The van der Waals surface area contributed by atoms with Crippen molar-refractivity contribution >= 4 is 22.7 Å². The Morgan fingerprint density at radius 3 is 2.19 bits per heavy atom. The number of nitrogens with zero attached hydrogens (tertiary/aromatic N) is 3. The van der Waals surface area contributed by atoms with Gasteiger partial charge in [0.05, 0.1) is 11.0 Å². The second-order valence-electron chi connectivity index (χ2n) is 5.39. The Bertz CT molecular complexity index is 694. The monoisotopic (exact) mass is 278 g/mol. The molecular weight excluding hydrogens is 260 g/mol. The zero-order valence-corrected chi connectivity index (χ0v) is 11.9. The minimum Gasteiger partial charge on any atom is -0.368 e. The molecule has 0 unspecified atom stereocenters. The van der Waals surface area contributed by atoms with Gasteiger partial charge in [0.2, 0.25) is 5.95 Å². The van der Waals surface area contributed by atoms with Gasteiger partial charge in [-0.25, -0.2) is 4.98 Å². The second-order valence-corrected chi connectivity index (χ2v) is 5.39. The van der Waals surface area contributed by atoms with Crippen molar-refractivity contribution in [3.05, 3.63) is 54.6 Å². The van der Waals surface area contributed by atoms with E-state index in [0.29, 0.717) is 0 Å². The molecule has 0 aliphatic carbocycles. The molecule has 3 aromatic rings. The molecule has 4 rings (SSSR count). The van der Waals surface area contributed by atoms with E-state index in [4.69, 9.17) is 0 Å². The van der Waals surface area contributed by atoms with Gasteiger partial charge in [0.25, 0.3) is 0 Å². The lowest BCUT2D eigenvalue weighted by Gasteiger charge is -2.35. The molecular formula is C17H18N4. The van der Waals surface area contributed by atoms with E-state index in [2.05, 4.69) is 62.2 Å². The molecule has 0 saturated carbocycles. The fourth-order valence-corrected chi connectivity index (χ4v) is 2.90. The highest BCUT2D eigenvalue weighted by molar-refractivity contribution is 5.77. The number of benzene rings is 2. The highest BCUT2D eigenvalue weighted by Crippen LogP contribution is 2.20. The minimum absolute atomic E-state index is 0.990. The first-order chi connectivity index (χ1) is 10.4. The Hall–Kier alpha value is -2.49. The van der Waals surface area contributed by atoms with Crippen molar-refractivity contribution in [2.75, 3.05) is 36.0 Å². The highest BCUT2D eigenvalue weighted by Gasteiger charge is 2.19. The molecule has 1 aliphatic heterocycles. The first kappa shape index (κ1) is 12.3. The second kappa shape index (κ2) is 5.13. The van der Waals surface area contributed by atoms with Crippen molar-refractivity contribution in [2.45, 2.75) is 0 Å². The molecule has 21 heavy (non-hydrogen) atoms. The zero-order chi connectivity index (χ0) is 14.1. The van der Waals surface area contributed by atoms with Crippen LogP contribution < -0.4 is 9.80 Å². The summed E-state index contributed by atoms with van der Waals surface area (Å²) >= 11 is 0. The van der Waals surface area contributed by atoms with Gasteiger partial charge in [-0.2, -0.15) is 0 Å². The van der Waals surface area contributed by atoms with E-state index in [1.807, 2.05) is 12.1 Å². The maximum atomic E-state index is 4.69. The molecule has 2 heterocycles. The summed E-state index contributed by atoms with van der Waals surface area (Å²) in [6.07, 6.45) is 0. The number of H-pyrrole nitrogens is 1. The third kappa shape index (κ3) is 2.33. The maximum absolute atomic E-state index is 4.69. The molecule has 0 atom stereocenters. The number of fused-ring (bicyclic) bond motifs is 1. The number of nitrogens with one attached hydrogen (secondary N) is 1. The van der Waals surface area contributed by atoms with Crippen LogP contribution in [0.4, 0.5) is 11.6 Å². The van der Waals surface area contributed by atoms with Crippen LogP contribution in [0.25, 0.3) is 11.0 Å². The normalized spacial score (nSPS) is 15.6. The average molecular weight is 278 g/mol. The lowest BCUT2D eigenvalue weighted by Crippen LogP contribution is -2.46. The summed E-state index contributed by atoms with van der Waals surface area (Å²) in [5.74, 6) is 0.990. The predicted molar refractivity (Wildman–Crippen MR) is 87.0 cm³/mol. The van der Waals surface area contributed by atoms with Crippen molar-refractivity contribution in [1.29, 1.82) is 0 Å². The predicted octanol–water partition coefficient (Wildman–Crippen LogP) is 2.89. The number of imidazole rings is 1. The van der Waals surface area contributed by atoms with E-state index in [1.165, 1.54) is 5.69 Å². The van der Waals surface area contributed by atoms with Crippen molar-refractivity contribution in [3.63, 3.8) is 0 Å². The molecule has 1 saturated heterocycles. The quantitative estimate of drug-likeness (QED) is 0.783. The number of hydrogen-bond acceptors (Lipinski definition) is 3. The molecule has 2 aromatic carbocycles. The molecule has 1 aliphatic rings. The fraction of sp³-hybridized carbons (Fsp3) is 0.235. The number of rotatable bonds is 2. The van der Waals surface area contributed by atoms with Crippen molar-refractivity contribution in [1.82, 2.24) is 9.97 Å². The Labute approximate surface area is 124 Å². The first-order valence-electron chi connectivity index (χ1n) is 7.40. The summed E-state index contributed by atoms with van der Waals surface area (Å²) in [5.41, 5.74) is 3.46. The largest absolute Gasteiger partial charge is 0.368 e. The summed E-state index contributed by atoms with van der Waals surface area (Å²) in [6.45, 7) is 4.05. The zero-order valence-electron chi connectivity index (χ0n) is 11.9. The van der Waals surface area contributed by atoms with Crippen LogP contribution in [0.5, 0.6) is 0 Å². The van der Waals surface area contributed by atoms with Gasteiger partial charge in [-0.3, -0.25) is 0 Å². The topological polar surface area (TPSA) is 35.2 Å². The van der Waals surface area contributed by atoms with E-state index in [0.717, 1.165) is 43.2 Å². The summed E-state index contributed by atoms with van der Waals surface area (Å²) in [5, 5.41) is 0. The van der Waals surface area contributed by atoms with Gasteiger partial charge in [0, 0.05) is 31.9 Å². The lowest BCUT2D eigenvalue weighted by atomic mass is 10.2. The van der Waals surface area contributed by atoms with E-state index in [-0.39, 0.29) is 0 Å². The molecule has 1 N–H and O–H groups in total. The van der Waals surface area contributed by atoms with E-state index in [9.17, 15) is 0 Å². The third-order valence-electron chi connectivity index (χ3n) is 4.08. The van der Waals surface area contributed by atoms with Gasteiger partial charge in [-0.05, 0) is 24.3 Å². The molecule has 106 valence electrons. The van der Waals surface area contributed by atoms with Crippen LogP contribution in [0.15, 0.2) is 54.6 Å². The standard InChI is InChI=1S/C17H18N4/c1-2-6-14(7-3-1)20-10-12-21(13-11-20)17-18-15-8-4-5-9-16(15)19-17/h1-9H,10-13H2,(H,18,19). The maximum Gasteiger partial charge on any atom is 0.203 e. The van der Waals surface area contributed by atoms with Crippen LogP contribution in [0.1, 0.15) is 0 Å². The van der Waals surface area contributed by atoms with Crippen molar-refractivity contribution in [3.8, 4) is 0 Å². The molecule has 0 spiro atoms. The van der Waals surface area contributed by atoms with Gasteiger partial charge in [-0.15, -0.1) is 0 Å². The number of hydrogen-bond donors (Lipinski definition) is 1. The van der Waals surface area contributed by atoms with Crippen LogP contribution in [0.3, 0.4) is 0 Å². The van der Waals surface area contributed by atoms with E-state index < -0.39 is 0 Å². The number of para-hydroxylation sites is 3. The van der Waals surface area contributed by atoms with Crippen molar-refractivity contribution < 1.29 is 0 Å². The summed E-state index contributed by atoms with van der Waals surface area (Å²) in [6, 6.07) is 18.8. The molecule has 0 radical (unpaired) electrons. The Morgan fingerprint density at radius 1 is 0.762 bits per heavy atom. The molecule has 1 fully saturated rings. The van der Waals surface area contributed by atoms with Gasteiger partial charge in [-0.1, -0.05) is 30.3 Å². The minimum atomic E-state index is 0.990. The molecule has 1 aromatic heterocycles. The van der Waals surface area contributed by atoms with Crippen LogP contribution >= 0.6 is 0 Å².